The minimum absolute atomic E-state index is 0.341. The van der Waals surface area contributed by atoms with E-state index in [-0.39, 0.29) is 0 Å². The van der Waals surface area contributed by atoms with Crippen LogP contribution in [-0.4, -0.2) is 6.54 Å². The molecule has 2 aliphatic rings. The molecule has 20 heavy (non-hydrogen) atoms. The fraction of sp³-hybridized carbons (Fsp3) is 0.684. The Hall–Kier alpha value is -0.820. The minimum atomic E-state index is 0.341. The first-order valence-electron chi connectivity index (χ1n) is 8.39. The van der Waals surface area contributed by atoms with Gasteiger partial charge in [0.25, 0.3) is 0 Å². The zero-order chi connectivity index (χ0) is 14.2. The molecule has 1 heteroatoms. The largest absolute Gasteiger partial charge is 0.309 e. The number of fused-ring (bicyclic) bond motifs is 1. The van der Waals surface area contributed by atoms with Gasteiger partial charge in [-0.3, -0.25) is 0 Å². The normalized spacial score (nSPS) is 26.6. The van der Waals surface area contributed by atoms with E-state index in [0.29, 0.717) is 16.9 Å². The second-order valence-electron chi connectivity index (χ2n) is 7.65. The van der Waals surface area contributed by atoms with Crippen LogP contribution >= 0.6 is 0 Å². The maximum absolute atomic E-state index is 3.91. The Kier molecular flexibility index (Phi) is 3.66. The summed E-state index contributed by atoms with van der Waals surface area (Å²) in [6.07, 6.45) is 8.20. The van der Waals surface area contributed by atoms with Crippen molar-refractivity contribution in [3.8, 4) is 0 Å². The summed E-state index contributed by atoms with van der Waals surface area (Å²) in [4.78, 5) is 0. The van der Waals surface area contributed by atoms with Crippen molar-refractivity contribution in [2.75, 3.05) is 6.54 Å². The van der Waals surface area contributed by atoms with Crippen LogP contribution in [-0.2, 0) is 5.41 Å². The molecular weight excluding hydrogens is 242 g/mol. The van der Waals surface area contributed by atoms with E-state index in [0.717, 1.165) is 0 Å². The van der Waals surface area contributed by atoms with Crippen LogP contribution in [0.25, 0.3) is 0 Å². The van der Waals surface area contributed by atoms with E-state index in [1.807, 2.05) is 0 Å². The highest BCUT2D eigenvalue weighted by molar-refractivity contribution is 5.38. The summed E-state index contributed by atoms with van der Waals surface area (Å²) in [5.74, 6) is 0. The van der Waals surface area contributed by atoms with Gasteiger partial charge in [0.05, 0.1) is 0 Å². The summed E-state index contributed by atoms with van der Waals surface area (Å²) in [7, 11) is 0. The second kappa shape index (κ2) is 5.18. The number of nitrogens with one attached hydrogen (secondary N) is 1. The van der Waals surface area contributed by atoms with Gasteiger partial charge in [0.2, 0.25) is 0 Å². The first-order chi connectivity index (χ1) is 9.56. The summed E-state index contributed by atoms with van der Waals surface area (Å²) in [6, 6.07) is 9.65. The molecule has 110 valence electrons. The Morgan fingerprint density at radius 2 is 1.90 bits per heavy atom. The van der Waals surface area contributed by atoms with E-state index in [1.165, 1.54) is 45.1 Å². The SMILES string of the molecule is CCC1(CNC2CCC(C)(C)c3ccccc32)CCC1. The van der Waals surface area contributed by atoms with Gasteiger partial charge in [-0.1, -0.05) is 51.5 Å². The predicted molar refractivity (Wildman–Crippen MR) is 86.0 cm³/mol. The van der Waals surface area contributed by atoms with E-state index in [2.05, 4.69) is 50.4 Å². The molecule has 3 rings (SSSR count). The standard InChI is InChI=1S/C19H29N/c1-4-19(11-7-12-19)14-20-17-10-13-18(2,3)16-9-6-5-8-15(16)17/h5-6,8-9,17,20H,4,7,10-14H2,1-3H3. The van der Waals surface area contributed by atoms with E-state index < -0.39 is 0 Å². The van der Waals surface area contributed by atoms with Crippen LogP contribution in [0.1, 0.15) is 76.5 Å². The maximum atomic E-state index is 3.91. The van der Waals surface area contributed by atoms with Crippen molar-refractivity contribution in [3.63, 3.8) is 0 Å². The van der Waals surface area contributed by atoms with Crippen LogP contribution in [0.2, 0.25) is 0 Å². The molecule has 0 radical (unpaired) electrons. The topological polar surface area (TPSA) is 12.0 Å². The molecule has 1 aromatic carbocycles. The van der Waals surface area contributed by atoms with Crippen LogP contribution in [0.3, 0.4) is 0 Å². The van der Waals surface area contributed by atoms with Crippen molar-refractivity contribution in [2.24, 2.45) is 5.41 Å². The average Bonchev–Trinajstić information content (AvgIpc) is 2.40. The van der Waals surface area contributed by atoms with E-state index in [1.54, 1.807) is 11.1 Å². The van der Waals surface area contributed by atoms with Crippen LogP contribution < -0.4 is 5.32 Å². The molecule has 0 spiro atoms. The van der Waals surface area contributed by atoms with E-state index >= 15 is 0 Å². The van der Waals surface area contributed by atoms with Crippen LogP contribution in [0.4, 0.5) is 0 Å². The van der Waals surface area contributed by atoms with Gasteiger partial charge in [0.1, 0.15) is 0 Å². The van der Waals surface area contributed by atoms with E-state index in [4.69, 9.17) is 0 Å². The van der Waals surface area contributed by atoms with Gasteiger partial charge in [0, 0.05) is 12.6 Å². The van der Waals surface area contributed by atoms with Gasteiger partial charge in [0.15, 0.2) is 0 Å². The summed E-state index contributed by atoms with van der Waals surface area (Å²) in [6.45, 7) is 8.35. The molecule has 1 saturated carbocycles. The molecule has 1 unspecified atom stereocenters. The van der Waals surface area contributed by atoms with Crippen LogP contribution in [0.15, 0.2) is 24.3 Å². The molecule has 1 fully saturated rings. The summed E-state index contributed by atoms with van der Waals surface area (Å²) >= 11 is 0. The van der Waals surface area contributed by atoms with Gasteiger partial charge in [-0.05, 0) is 54.1 Å². The Balaban J connectivity index is 1.75. The molecule has 1 N–H and O–H groups in total. The molecular formula is C19H29N. The fourth-order valence-electron chi connectivity index (χ4n) is 4.10. The Bertz CT molecular complexity index is 465. The molecule has 1 atom stereocenters. The zero-order valence-corrected chi connectivity index (χ0v) is 13.3. The summed E-state index contributed by atoms with van der Waals surface area (Å²) in [5, 5.41) is 3.91. The molecule has 1 aromatic rings. The van der Waals surface area contributed by atoms with Gasteiger partial charge in [-0.15, -0.1) is 0 Å². The van der Waals surface area contributed by atoms with Gasteiger partial charge in [-0.2, -0.15) is 0 Å². The first-order valence-corrected chi connectivity index (χ1v) is 8.39. The highest BCUT2D eigenvalue weighted by atomic mass is 14.9. The molecule has 1 nitrogen and oxygen atoms in total. The zero-order valence-electron chi connectivity index (χ0n) is 13.3. The Morgan fingerprint density at radius 1 is 1.15 bits per heavy atom. The molecule has 0 saturated heterocycles. The molecule has 0 amide bonds. The molecule has 2 aliphatic carbocycles. The van der Waals surface area contributed by atoms with Crippen molar-refractivity contribution >= 4 is 0 Å². The fourth-order valence-corrected chi connectivity index (χ4v) is 4.10. The smallest absolute Gasteiger partial charge is 0.0323 e. The molecule has 0 aromatic heterocycles. The monoisotopic (exact) mass is 271 g/mol. The van der Waals surface area contributed by atoms with Gasteiger partial charge >= 0.3 is 0 Å². The number of rotatable bonds is 4. The lowest BCUT2D eigenvalue weighted by Crippen LogP contribution is -2.42. The lowest BCUT2D eigenvalue weighted by atomic mass is 9.66. The third-order valence-corrected chi connectivity index (χ3v) is 6.01. The molecule has 0 aliphatic heterocycles. The quantitative estimate of drug-likeness (QED) is 0.815. The Morgan fingerprint density at radius 3 is 2.55 bits per heavy atom. The van der Waals surface area contributed by atoms with Crippen LogP contribution in [0.5, 0.6) is 0 Å². The van der Waals surface area contributed by atoms with E-state index in [9.17, 15) is 0 Å². The van der Waals surface area contributed by atoms with Gasteiger partial charge in [-0.25, -0.2) is 0 Å². The second-order valence-corrected chi connectivity index (χ2v) is 7.65. The highest BCUT2D eigenvalue weighted by Crippen LogP contribution is 2.45. The highest BCUT2D eigenvalue weighted by Gasteiger charge is 2.37. The number of hydrogen-bond acceptors (Lipinski definition) is 1. The Labute approximate surface area is 124 Å². The maximum Gasteiger partial charge on any atom is 0.0323 e. The predicted octanol–water partition coefficient (Wildman–Crippen LogP) is 4.97. The lowest BCUT2D eigenvalue weighted by Gasteiger charge is -2.44. The lowest BCUT2D eigenvalue weighted by molar-refractivity contribution is 0.116. The minimum Gasteiger partial charge on any atom is -0.309 e. The molecule has 0 bridgehead atoms. The van der Waals surface area contributed by atoms with Crippen LogP contribution in [0, 0.1) is 5.41 Å². The van der Waals surface area contributed by atoms with Crippen molar-refractivity contribution < 1.29 is 0 Å². The number of benzene rings is 1. The van der Waals surface area contributed by atoms with Crippen molar-refractivity contribution in [1.82, 2.24) is 5.32 Å². The first kappa shape index (κ1) is 14.1. The van der Waals surface area contributed by atoms with Gasteiger partial charge < -0.3 is 5.32 Å². The summed E-state index contributed by atoms with van der Waals surface area (Å²) in [5.41, 5.74) is 4.06. The average molecular weight is 271 g/mol. The molecule has 0 heterocycles. The van der Waals surface area contributed by atoms with Crippen molar-refractivity contribution in [1.29, 1.82) is 0 Å². The van der Waals surface area contributed by atoms with Crippen molar-refractivity contribution in [3.05, 3.63) is 35.4 Å². The third-order valence-electron chi connectivity index (χ3n) is 6.01. The summed E-state index contributed by atoms with van der Waals surface area (Å²) < 4.78 is 0. The van der Waals surface area contributed by atoms with Crippen molar-refractivity contribution in [2.45, 2.75) is 70.8 Å². The third kappa shape index (κ3) is 2.41. The number of hydrogen-bond donors (Lipinski definition) is 1.